The fraction of sp³-hybridized carbons (Fsp3) is 0.514. The van der Waals surface area contributed by atoms with Crippen molar-refractivity contribution in [2.24, 2.45) is 11.8 Å². The molecule has 2 unspecified atom stereocenters. The van der Waals surface area contributed by atoms with Gasteiger partial charge in [0, 0.05) is 47.3 Å². The number of nitrogens with one attached hydrogen (secondary N) is 2. The Kier molecular flexibility index (Phi) is 10.3. The van der Waals surface area contributed by atoms with Crippen LogP contribution in [0.3, 0.4) is 0 Å². The molecule has 0 saturated heterocycles. The van der Waals surface area contributed by atoms with Crippen LogP contribution in [-0.4, -0.2) is 48.4 Å². The second-order valence-corrected chi connectivity index (χ2v) is 13.4. The summed E-state index contributed by atoms with van der Waals surface area (Å²) in [5.41, 5.74) is 1.39. The van der Waals surface area contributed by atoms with Crippen molar-refractivity contribution < 1.29 is 27.9 Å². The molecule has 8 heteroatoms. The summed E-state index contributed by atoms with van der Waals surface area (Å²) in [6.07, 6.45) is 3.70. The van der Waals surface area contributed by atoms with Crippen LogP contribution in [0.5, 0.6) is 11.5 Å². The number of carbonyl (C=O) groups excluding carboxylic acids is 2. The predicted molar refractivity (Wildman–Crippen MR) is 178 cm³/mol. The number of carbonyl (C=O) groups is 2. The molecule has 242 valence electrons. The molecule has 2 heterocycles. The zero-order valence-corrected chi connectivity index (χ0v) is 27.6. The standard InChI is InChI=1S/C37H48N2O6/c1-21(2)36(40)34-16-27-15-30(11-13-32(27)44-34)43-31-18-28(19-31)39-24(6)9-8-23(5)37(41)35-17-26-14-29(10-12-33(26)45-35)42-25(7)20-38-22(3)4/h10-17,21-25,28,31,38-39H,8-9,18-20H2,1-7H3/t23?,24?,25-,28-,31-/m1/s1. The monoisotopic (exact) mass is 616 g/mol. The van der Waals surface area contributed by atoms with E-state index in [-0.39, 0.29) is 41.7 Å². The molecule has 45 heavy (non-hydrogen) atoms. The van der Waals surface area contributed by atoms with Crippen molar-refractivity contribution in [1.29, 1.82) is 0 Å². The summed E-state index contributed by atoms with van der Waals surface area (Å²) in [5, 5.41) is 8.83. The lowest BCUT2D eigenvalue weighted by molar-refractivity contribution is 0.0790. The molecule has 0 amide bonds. The van der Waals surface area contributed by atoms with E-state index < -0.39 is 0 Å². The fourth-order valence-electron chi connectivity index (χ4n) is 5.74. The summed E-state index contributed by atoms with van der Waals surface area (Å²) in [4.78, 5) is 25.5. The van der Waals surface area contributed by atoms with Crippen LogP contribution in [0.25, 0.3) is 21.9 Å². The van der Waals surface area contributed by atoms with Gasteiger partial charge in [-0.2, -0.15) is 0 Å². The second-order valence-electron chi connectivity index (χ2n) is 13.4. The molecule has 1 aliphatic rings. The van der Waals surface area contributed by atoms with Gasteiger partial charge in [-0.05, 0) is 88.1 Å². The smallest absolute Gasteiger partial charge is 0.200 e. The van der Waals surface area contributed by atoms with Crippen molar-refractivity contribution in [2.75, 3.05) is 6.54 Å². The number of ether oxygens (including phenoxy) is 2. The van der Waals surface area contributed by atoms with E-state index in [9.17, 15) is 9.59 Å². The molecule has 4 aromatic rings. The largest absolute Gasteiger partial charge is 0.490 e. The Morgan fingerprint density at radius 1 is 0.800 bits per heavy atom. The molecule has 1 fully saturated rings. The minimum absolute atomic E-state index is 0.00387. The molecule has 2 aromatic carbocycles. The number of hydrogen-bond acceptors (Lipinski definition) is 8. The van der Waals surface area contributed by atoms with E-state index in [1.165, 1.54) is 0 Å². The first-order valence-electron chi connectivity index (χ1n) is 16.4. The molecule has 8 nitrogen and oxygen atoms in total. The van der Waals surface area contributed by atoms with Crippen LogP contribution in [-0.2, 0) is 0 Å². The van der Waals surface area contributed by atoms with Crippen molar-refractivity contribution in [3.05, 3.63) is 60.1 Å². The first kappa shape index (κ1) is 32.8. The van der Waals surface area contributed by atoms with Gasteiger partial charge in [-0.15, -0.1) is 0 Å². The molecule has 1 aliphatic carbocycles. The van der Waals surface area contributed by atoms with E-state index in [1.807, 2.05) is 70.2 Å². The lowest BCUT2D eigenvalue weighted by Gasteiger charge is -2.37. The molecule has 0 radical (unpaired) electrons. The summed E-state index contributed by atoms with van der Waals surface area (Å²) in [7, 11) is 0. The van der Waals surface area contributed by atoms with Crippen LogP contribution in [0.2, 0.25) is 0 Å². The number of Topliss-reactive ketones (excluding diaryl/α,β-unsaturated/α-hetero) is 2. The molecular formula is C37H48N2O6. The number of rotatable bonds is 16. The summed E-state index contributed by atoms with van der Waals surface area (Å²) >= 11 is 0. The van der Waals surface area contributed by atoms with E-state index in [4.69, 9.17) is 18.3 Å². The number of fused-ring (bicyclic) bond motifs is 2. The van der Waals surface area contributed by atoms with E-state index in [0.29, 0.717) is 34.8 Å². The van der Waals surface area contributed by atoms with Crippen molar-refractivity contribution in [3.63, 3.8) is 0 Å². The topological polar surface area (TPSA) is 103 Å². The van der Waals surface area contributed by atoms with Crippen LogP contribution in [0.1, 0.15) is 95.3 Å². The third kappa shape index (κ3) is 8.35. The SMILES string of the molecule is CC(C)NC[C@@H](C)Oc1ccc2oc(C(=O)C(C)CCC(C)N[C@H]3C[C@H](Oc4ccc5oc(C(=O)C(C)C)cc5c4)C3)cc2c1. The summed E-state index contributed by atoms with van der Waals surface area (Å²) < 4.78 is 23.9. The average molecular weight is 617 g/mol. The van der Waals surface area contributed by atoms with Gasteiger partial charge in [0.25, 0.3) is 0 Å². The molecule has 1 saturated carbocycles. The number of hydrogen-bond donors (Lipinski definition) is 2. The minimum atomic E-state index is -0.140. The third-order valence-corrected chi connectivity index (χ3v) is 8.53. The summed E-state index contributed by atoms with van der Waals surface area (Å²) in [6.45, 7) is 14.9. The van der Waals surface area contributed by atoms with Crippen LogP contribution >= 0.6 is 0 Å². The predicted octanol–water partition coefficient (Wildman–Crippen LogP) is 7.97. The normalized spacial score (nSPS) is 18.7. The Balaban J connectivity index is 1.04. The molecule has 0 bridgehead atoms. The number of ketones is 2. The first-order valence-corrected chi connectivity index (χ1v) is 16.4. The van der Waals surface area contributed by atoms with Crippen LogP contribution < -0.4 is 20.1 Å². The highest BCUT2D eigenvalue weighted by atomic mass is 16.5. The van der Waals surface area contributed by atoms with Gasteiger partial charge < -0.3 is 28.9 Å². The molecule has 0 spiro atoms. The van der Waals surface area contributed by atoms with Crippen molar-refractivity contribution in [1.82, 2.24) is 10.6 Å². The van der Waals surface area contributed by atoms with Gasteiger partial charge in [-0.1, -0.05) is 34.6 Å². The van der Waals surface area contributed by atoms with E-state index in [0.717, 1.165) is 54.5 Å². The van der Waals surface area contributed by atoms with Crippen molar-refractivity contribution >= 4 is 33.5 Å². The Bertz CT molecular complexity index is 1610. The van der Waals surface area contributed by atoms with Gasteiger partial charge in [-0.3, -0.25) is 9.59 Å². The van der Waals surface area contributed by atoms with Gasteiger partial charge in [0.15, 0.2) is 11.5 Å². The highest BCUT2D eigenvalue weighted by Crippen LogP contribution is 2.31. The summed E-state index contributed by atoms with van der Waals surface area (Å²) in [5.74, 6) is 2.14. The molecule has 3 atom stereocenters. The highest BCUT2D eigenvalue weighted by Gasteiger charge is 2.32. The Labute approximate surface area is 266 Å². The van der Waals surface area contributed by atoms with Crippen LogP contribution in [0.15, 0.2) is 57.4 Å². The molecule has 0 aliphatic heterocycles. The maximum absolute atomic E-state index is 13.2. The lowest BCUT2D eigenvalue weighted by Crippen LogP contribution is -2.49. The zero-order chi connectivity index (χ0) is 32.2. The highest BCUT2D eigenvalue weighted by molar-refractivity contribution is 5.99. The third-order valence-electron chi connectivity index (χ3n) is 8.53. The second kappa shape index (κ2) is 14.2. The fourth-order valence-corrected chi connectivity index (χ4v) is 5.74. The maximum Gasteiger partial charge on any atom is 0.200 e. The van der Waals surface area contributed by atoms with Gasteiger partial charge in [0.2, 0.25) is 11.6 Å². The van der Waals surface area contributed by atoms with Gasteiger partial charge in [0.1, 0.15) is 34.9 Å². The van der Waals surface area contributed by atoms with Crippen LogP contribution in [0.4, 0.5) is 0 Å². The average Bonchev–Trinajstić information content (AvgIpc) is 3.60. The zero-order valence-electron chi connectivity index (χ0n) is 27.6. The number of furan rings is 2. The number of benzene rings is 2. The Hall–Kier alpha value is -3.62. The van der Waals surface area contributed by atoms with Crippen LogP contribution in [0, 0.1) is 11.8 Å². The molecular weight excluding hydrogens is 568 g/mol. The van der Waals surface area contributed by atoms with E-state index >= 15 is 0 Å². The molecule has 2 N–H and O–H groups in total. The quantitative estimate of drug-likeness (QED) is 0.122. The van der Waals surface area contributed by atoms with Gasteiger partial charge in [0.05, 0.1) is 0 Å². The van der Waals surface area contributed by atoms with Gasteiger partial charge in [-0.25, -0.2) is 0 Å². The van der Waals surface area contributed by atoms with Gasteiger partial charge >= 0.3 is 0 Å². The Morgan fingerprint density at radius 3 is 2.02 bits per heavy atom. The first-order chi connectivity index (χ1) is 21.4. The van der Waals surface area contributed by atoms with E-state index in [2.05, 4.69) is 31.4 Å². The minimum Gasteiger partial charge on any atom is -0.490 e. The maximum atomic E-state index is 13.2. The molecule has 5 rings (SSSR count). The molecule has 2 aromatic heterocycles. The summed E-state index contributed by atoms with van der Waals surface area (Å²) in [6, 6.07) is 16.1. The Morgan fingerprint density at radius 2 is 1.40 bits per heavy atom. The van der Waals surface area contributed by atoms with Crippen molar-refractivity contribution in [3.8, 4) is 11.5 Å². The van der Waals surface area contributed by atoms with Crippen molar-refractivity contribution in [2.45, 2.75) is 104 Å². The lowest BCUT2D eigenvalue weighted by atomic mass is 9.88. The van der Waals surface area contributed by atoms with E-state index in [1.54, 1.807) is 6.07 Å².